The molecule has 2 aliphatic rings. The van der Waals surface area contributed by atoms with Crippen LogP contribution in [0.15, 0.2) is 65.8 Å². The largest absolute Gasteiger partial charge is 0.383 e. The average molecular weight is 515 g/mol. The van der Waals surface area contributed by atoms with Crippen molar-refractivity contribution >= 4 is 44.8 Å². The number of rotatable bonds is 5. The maximum Gasteiger partial charge on any atom is 0.174 e. The van der Waals surface area contributed by atoms with Crippen LogP contribution in [-0.2, 0) is 22.7 Å². The Kier molecular flexibility index (Phi) is 5.75. The van der Waals surface area contributed by atoms with Gasteiger partial charge in [0.1, 0.15) is 17.2 Å². The fraction of sp³-hybridized carbons (Fsp3) is 0.259. The van der Waals surface area contributed by atoms with Gasteiger partial charge in [-0.2, -0.15) is 9.61 Å². The molecule has 6 rings (SSSR count). The van der Waals surface area contributed by atoms with Crippen molar-refractivity contribution < 1.29 is 13.2 Å². The molecule has 2 aromatic carbocycles. The van der Waals surface area contributed by atoms with Crippen LogP contribution in [0.4, 0.5) is 17.3 Å². The number of benzene rings is 2. The van der Waals surface area contributed by atoms with Crippen LogP contribution < -0.4 is 10.6 Å². The number of Topliss-reactive ketones (excluding diaryl/α,β-unsaturated/α-hetero) is 1. The van der Waals surface area contributed by atoms with Crippen LogP contribution in [-0.4, -0.2) is 59.6 Å². The van der Waals surface area contributed by atoms with Crippen molar-refractivity contribution in [1.82, 2.24) is 14.6 Å². The summed E-state index contributed by atoms with van der Waals surface area (Å²) in [6.07, 6.45) is 4.53. The van der Waals surface area contributed by atoms with Crippen LogP contribution in [0.1, 0.15) is 33.0 Å². The summed E-state index contributed by atoms with van der Waals surface area (Å²) in [5.41, 5.74) is 11.2. The number of nitrogens with two attached hydrogens (primary N) is 1. The van der Waals surface area contributed by atoms with E-state index in [1.54, 1.807) is 6.20 Å². The van der Waals surface area contributed by atoms with Gasteiger partial charge in [-0.15, -0.1) is 0 Å². The van der Waals surface area contributed by atoms with E-state index in [9.17, 15) is 13.2 Å². The smallest absolute Gasteiger partial charge is 0.174 e. The molecule has 4 heterocycles. The Morgan fingerprint density at radius 3 is 2.54 bits per heavy atom. The standard InChI is InChI=1S/C27H26N6O3S/c28-25-24(23(34)14-18-6-2-1-3-7-18)27(32-10-12-37(35,36)13-11-32)31-26-21(17-30-33(25)26)20-15-19-8-4-5-9-22(19)29-16-20/h1-9,16-17,20H,10-15,28H2. The van der Waals surface area contributed by atoms with Crippen LogP contribution in [0.3, 0.4) is 0 Å². The van der Waals surface area contributed by atoms with E-state index in [4.69, 9.17) is 10.7 Å². The molecule has 10 heteroatoms. The van der Waals surface area contributed by atoms with Crippen molar-refractivity contribution in [2.75, 3.05) is 35.2 Å². The van der Waals surface area contributed by atoms with Gasteiger partial charge in [-0.25, -0.2) is 13.4 Å². The predicted octanol–water partition coefficient (Wildman–Crippen LogP) is 3.01. The van der Waals surface area contributed by atoms with Crippen LogP contribution in [0.25, 0.3) is 5.65 Å². The van der Waals surface area contributed by atoms with Gasteiger partial charge in [0.2, 0.25) is 0 Å². The maximum absolute atomic E-state index is 13.6. The highest BCUT2D eigenvalue weighted by molar-refractivity contribution is 7.91. The van der Waals surface area contributed by atoms with Gasteiger partial charge in [0.15, 0.2) is 21.3 Å². The topological polar surface area (TPSA) is 123 Å². The predicted molar refractivity (Wildman–Crippen MR) is 144 cm³/mol. The number of ketones is 1. The number of nitrogen functional groups attached to an aromatic ring is 1. The molecular formula is C27H26N6O3S. The third-order valence-corrected chi connectivity index (χ3v) is 8.65. The van der Waals surface area contributed by atoms with E-state index in [1.165, 1.54) is 4.52 Å². The van der Waals surface area contributed by atoms with Crippen molar-refractivity contribution in [3.63, 3.8) is 0 Å². The second kappa shape index (κ2) is 9.11. The highest BCUT2D eigenvalue weighted by atomic mass is 32.2. The van der Waals surface area contributed by atoms with Gasteiger partial charge in [-0.3, -0.25) is 9.79 Å². The van der Waals surface area contributed by atoms with E-state index < -0.39 is 9.84 Å². The molecule has 1 fully saturated rings. The first-order valence-electron chi connectivity index (χ1n) is 12.2. The van der Waals surface area contributed by atoms with E-state index in [0.717, 1.165) is 28.8 Å². The molecule has 4 aromatic rings. The Morgan fingerprint density at radius 2 is 1.76 bits per heavy atom. The first-order valence-corrected chi connectivity index (χ1v) is 14.0. The summed E-state index contributed by atoms with van der Waals surface area (Å²) in [5, 5.41) is 4.51. The zero-order chi connectivity index (χ0) is 25.6. The minimum atomic E-state index is -3.12. The number of carbonyl (C=O) groups is 1. The molecule has 9 nitrogen and oxygen atoms in total. The molecule has 188 valence electrons. The van der Waals surface area contributed by atoms with Crippen LogP contribution in [0, 0.1) is 0 Å². The quantitative estimate of drug-likeness (QED) is 0.406. The molecule has 2 N–H and O–H groups in total. The summed E-state index contributed by atoms with van der Waals surface area (Å²) in [5.74, 6) is 0.380. The van der Waals surface area contributed by atoms with Crippen LogP contribution in [0.5, 0.6) is 0 Å². The highest BCUT2D eigenvalue weighted by Crippen LogP contribution is 2.35. The molecule has 0 radical (unpaired) electrons. The van der Waals surface area contributed by atoms with E-state index >= 15 is 0 Å². The lowest BCUT2D eigenvalue weighted by atomic mass is 9.91. The zero-order valence-electron chi connectivity index (χ0n) is 20.1. The molecule has 0 saturated carbocycles. The van der Waals surface area contributed by atoms with Gasteiger partial charge in [-0.05, 0) is 23.6 Å². The SMILES string of the molecule is Nc1c(C(=O)Cc2ccccc2)c(N2CCS(=O)(=O)CC2)nc2c(C3C=Nc4ccccc4C3)cnn12. The fourth-order valence-electron chi connectivity index (χ4n) is 5.03. The summed E-state index contributed by atoms with van der Waals surface area (Å²) < 4.78 is 25.8. The van der Waals surface area contributed by atoms with E-state index in [-0.39, 0.29) is 54.1 Å². The molecule has 37 heavy (non-hydrogen) atoms. The van der Waals surface area contributed by atoms with Crippen molar-refractivity contribution in [3.05, 3.63) is 83.0 Å². The first-order chi connectivity index (χ1) is 17.9. The molecule has 0 spiro atoms. The maximum atomic E-state index is 13.6. The van der Waals surface area contributed by atoms with Crippen molar-refractivity contribution in [3.8, 4) is 0 Å². The van der Waals surface area contributed by atoms with E-state index in [2.05, 4.69) is 16.2 Å². The number of para-hydroxylation sites is 1. The molecule has 0 amide bonds. The molecule has 0 aliphatic carbocycles. The lowest BCUT2D eigenvalue weighted by Gasteiger charge is -2.30. The normalized spacial score (nSPS) is 18.6. The fourth-order valence-corrected chi connectivity index (χ4v) is 6.23. The molecule has 1 saturated heterocycles. The number of aliphatic imine (C=N–C) groups is 1. The van der Waals surface area contributed by atoms with Gasteiger partial charge in [0.25, 0.3) is 0 Å². The Morgan fingerprint density at radius 1 is 1.03 bits per heavy atom. The summed E-state index contributed by atoms with van der Waals surface area (Å²) in [4.78, 5) is 25.0. The minimum Gasteiger partial charge on any atom is -0.383 e. The van der Waals surface area contributed by atoms with Gasteiger partial charge >= 0.3 is 0 Å². The molecule has 2 aromatic heterocycles. The van der Waals surface area contributed by atoms with Crippen molar-refractivity contribution in [2.45, 2.75) is 18.8 Å². The lowest BCUT2D eigenvalue weighted by molar-refractivity contribution is 0.0993. The Hall–Kier alpha value is -4.05. The number of nitrogens with zero attached hydrogens (tertiary/aromatic N) is 5. The highest BCUT2D eigenvalue weighted by Gasteiger charge is 2.31. The third kappa shape index (κ3) is 4.37. The van der Waals surface area contributed by atoms with Gasteiger partial charge < -0.3 is 10.6 Å². The van der Waals surface area contributed by atoms with Gasteiger partial charge in [-0.1, -0.05) is 48.5 Å². The molecule has 1 atom stereocenters. The van der Waals surface area contributed by atoms with Gasteiger partial charge in [0.05, 0.1) is 23.4 Å². The average Bonchev–Trinajstić information content (AvgIpc) is 3.33. The third-order valence-electron chi connectivity index (χ3n) is 7.05. The Labute approximate surface area is 214 Å². The number of sulfone groups is 1. The lowest BCUT2D eigenvalue weighted by Crippen LogP contribution is -2.41. The number of fused-ring (bicyclic) bond motifs is 2. The monoisotopic (exact) mass is 514 g/mol. The molecule has 2 aliphatic heterocycles. The van der Waals surface area contributed by atoms with Crippen molar-refractivity contribution in [2.24, 2.45) is 4.99 Å². The second-order valence-corrected chi connectivity index (χ2v) is 11.8. The van der Waals surface area contributed by atoms with Crippen LogP contribution in [0.2, 0.25) is 0 Å². The Bertz CT molecular complexity index is 1630. The van der Waals surface area contributed by atoms with Crippen LogP contribution >= 0.6 is 0 Å². The number of hydrogen-bond donors (Lipinski definition) is 1. The molecule has 1 unspecified atom stereocenters. The summed E-state index contributed by atoms with van der Waals surface area (Å²) >= 11 is 0. The number of hydrogen-bond acceptors (Lipinski definition) is 8. The second-order valence-electron chi connectivity index (χ2n) is 9.47. The van der Waals surface area contributed by atoms with E-state index in [1.807, 2.05) is 59.6 Å². The first kappa shape index (κ1) is 23.4. The van der Waals surface area contributed by atoms with Crippen molar-refractivity contribution in [1.29, 1.82) is 0 Å². The molecule has 0 bridgehead atoms. The summed E-state index contributed by atoms with van der Waals surface area (Å²) in [7, 11) is -3.12. The number of anilines is 2. The summed E-state index contributed by atoms with van der Waals surface area (Å²) in [6, 6.07) is 17.4. The summed E-state index contributed by atoms with van der Waals surface area (Å²) in [6.45, 7) is 0.497. The van der Waals surface area contributed by atoms with Gasteiger partial charge in [0, 0.05) is 37.2 Å². The number of aromatic nitrogens is 3. The Balaban J connectivity index is 1.45. The zero-order valence-corrected chi connectivity index (χ0v) is 20.9. The van der Waals surface area contributed by atoms with E-state index in [0.29, 0.717) is 11.5 Å². The number of carbonyl (C=O) groups excluding carboxylic acids is 1. The minimum absolute atomic E-state index is 0.00423. The molecular weight excluding hydrogens is 488 g/mol.